The molecule has 1 rings (SSSR count). The van der Waals surface area contributed by atoms with E-state index in [0.29, 0.717) is 11.5 Å². The molecule has 0 fully saturated rings. The molecular formula is C14H20N2O. The number of aliphatic hydroxyl groups is 1. The SMILES string of the molecule is CCCC(CCO)CNc1ccccc1C#N. The molecule has 92 valence electrons. The van der Waals surface area contributed by atoms with Crippen LogP contribution in [0.15, 0.2) is 24.3 Å². The first-order valence-electron chi connectivity index (χ1n) is 6.15. The van der Waals surface area contributed by atoms with Crippen LogP contribution in [-0.2, 0) is 0 Å². The van der Waals surface area contributed by atoms with E-state index in [2.05, 4.69) is 18.3 Å². The van der Waals surface area contributed by atoms with Gasteiger partial charge in [0.25, 0.3) is 0 Å². The Balaban J connectivity index is 2.56. The van der Waals surface area contributed by atoms with Gasteiger partial charge in [-0.25, -0.2) is 0 Å². The Bertz CT molecular complexity index is 365. The summed E-state index contributed by atoms with van der Waals surface area (Å²) >= 11 is 0. The van der Waals surface area contributed by atoms with Crippen molar-refractivity contribution in [3.63, 3.8) is 0 Å². The van der Waals surface area contributed by atoms with Crippen molar-refractivity contribution in [3.8, 4) is 6.07 Å². The summed E-state index contributed by atoms with van der Waals surface area (Å²) in [6.45, 7) is 3.19. The molecule has 1 atom stereocenters. The Hall–Kier alpha value is -1.53. The van der Waals surface area contributed by atoms with E-state index in [1.54, 1.807) is 0 Å². The molecule has 0 heterocycles. The van der Waals surface area contributed by atoms with Gasteiger partial charge in [0, 0.05) is 13.2 Å². The van der Waals surface area contributed by atoms with Crippen molar-refractivity contribution in [2.75, 3.05) is 18.5 Å². The molecule has 3 nitrogen and oxygen atoms in total. The smallest absolute Gasteiger partial charge is 0.101 e. The molecule has 0 aromatic heterocycles. The minimum atomic E-state index is 0.228. The number of aliphatic hydroxyl groups excluding tert-OH is 1. The zero-order chi connectivity index (χ0) is 12.5. The fourth-order valence-corrected chi connectivity index (χ4v) is 1.93. The average molecular weight is 232 g/mol. The molecule has 0 spiro atoms. The molecule has 1 aromatic rings. The number of para-hydroxylation sites is 1. The lowest BCUT2D eigenvalue weighted by Crippen LogP contribution is -2.16. The van der Waals surface area contributed by atoms with Crippen LogP contribution in [0, 0.1) is 17.2 Å². The first kappa shape index (κ1) is 13.5. The van der Waals surface area contributed by atoms with Crippen LogP contribution < -0.4 is 5.32 Å². The van der Waals surface area contributed by atoms with Crippen LogP contribution in [0.25, 0.3) is 0 Å². The van der Waals surface area contributed by atoms with Crippen molar-refractivity contribution in [2.45, 2.75) is 26.2 Å². The van der Waals surface area contributed by atoms with Crippen LogP contribution in [0.1, 0.15) is 31.7 Å². The lowest BCUT2D eigenvalue weighted by atomic mass is 10.00. The predicted molar refractivity (Wildman–Crippen MR) is 69.7 cm³/mol. The minimum Gasteiger partial charge on any atom is -0.396 e. The Kier molecular flexibility index (Phi) is 6.13. The van der Waals surface area contributed by atoms with Crippen LogP contribution in [0.5, 0.6) is 0 Å². The van der Waals surface area contributed by atoms with Gasteiger partial charge < -0.3 is 10.4 Å². The number of nitrogens with zero attached hydrogens (tertiary/aromatic N) is 1. The molecule has 1 unspecified atom stereocenters. The normalized spacial score (nSPS) is 11.8. The fraction of sp³-hybridized carbons (Fsp3) is 0.500. The highest BCUT2D eigenvalue weighted by Crippen LogP contribution is 2.16. The van der Waals surface area contributed by atoms with Crippen LogP contribution in [-0.4, -0.2) is 18.3 Å². The molecule has 0 aliphatic rings. The number of anilines is 1. The highest BCUT2D eigenvalue weighted by Gasteiger charge is 2.08. The minimum absolute atomic E-state index is 0.228. The lowest BCUT2D eigenvalue weighted by molar-refractivity contribution is 0.255. The quantitative estimate of drug-likeness (QED) is 0.760. The van der Waals surface area contributed by atoms with Gasteiger partial charge in [-0.2, -0.15) is 5.26 Å². The molecule has 0 saturated carbocycles. The molecule has 0 aliphatic heterocycles. The van der Waals surface area contributed by atoms with Gasteiger partial charge in [0.15, 0.2) is 0 Å². The number of nitriles is 1. The first-order chi connectivity index (χ1) is 8.31. The van der Waals surface area contributed by atoms with E-state index in [1.807, 2.05) is 24.3 Å². The number of hydrogen-bond donors (Lipinski definition) is 2. The van der Waals surface area contributed by atoms with Crippen molar-refractivity contribution in [2.24, 2.45) is 5.92 Å². The third kappa shape index (κ3) is 4.46. The maximum Gasteiger partial charge on any atom is 0.101 e. The van der Waals surface area contributed by atoms with E-state index in [-0.39, 0.29) is 6.61 Å². The van der Waals surface area contributed by atoms with Crippen molar-refractivity contribution in [1.29, 1.82) is 5.26 Å². The van der Waals surface area contributed by atoms with Crippen LogP contribution in [0.2, 0.25) is 0 Å². The molecular weight excluding hydrogens is 212 g/mol. The number of nitrogens with one attached hydrogen (secondary N) is 1. The first-order valence-corrected chi connectivity index (χ1v) is 6.15. The predicted octanol–water partition coefficient (Wildman–Crippen LogP) is 2.77. The summed E-state index contributed by atoms with van der Waals surface area (Å²) in [6, 6.07) is 9.68. The van der Waals surface area contributed by atoms with Crippen LogP contribution in [0.3, 0.4) is 0 Å². The summed E-state index contributed by atoms with van der Waals surface area (Å²) in [7, 11) is 0. The summed E-state index contributed by atoms with van der Waals surface area (Å²) in [4.78, 5) is 0. The van der Waals surface area contributed by atoms with E-state index in [4.69, 9.17) is 10.4 Å². The van der Waals surface area contributed by atoms with Gasteiger partial charge in [0.2, 0.25) is 0 Å². The molecule has 2 N–H and O–H groups in total. The second-order valence-corrected chi connectivity index (χ2v) is 4.21. The van der Waals surface area contributed by atoms with Gasteiger partial charge in [-0.15, -0.1) is 0 Å². The molecule has 17 heavy (non-hydrogen) atoms. The van der Waals surface area contributed by atoms with Crippen molar-refractivity contribution in [3.05, 3.63) is 29.8 Å². The van der Waals surface area contributed by atoms with Gasteiger partial charge in [-0.1, -0.05) is 25.5 Å². The summed E-state index contributed by atoms with van der Waals surface area (Å²) in [5, 5.41) is 21.2. The van der Waals surface area contributed by atoms with Gasteiger partial charge in [0.1, 0.15) is 6.07 Å². The molecule has 0 bridgehead atoms. The second-order valence-electron chi connectivity index (χ2n) is 4.21. The van der Waals surface area contributed by atoms with E-state index in [1.165, 1.54) is 0 Å². The van der Waals surface area contributed by atoms with Gasteiger partial charge >= 0.3 is 0 Å². The molecule has 0 amide bonds. The zero-order valence-electron chi connectivity index (χ0n) is 10.3. The third-order valence-electron chi connectivity index (χ3n) is 2.86. The van der Waals surface area contributed by atoms with Gasteiger partial charge in [-0.05, 0) is 30.9 Å². The Morgan fingerprint density at radius 3 is 2.76 bits per heavy atom. The summed E-state index contributed by atoms with van der Waals surface area (Å²) in [6.07, 6.45) is 3.03. The van der Waals surface area contributed by atoms with Crippen molar-refractivity contribution < 1.29 is 5.11 Å². The maximum absolute atomic E-state index is 8.98. The topological polar surface area (TPSA) is 56.0 Å². The summed E-state index contributed by atoms with van der Waals surface area (Å²) < 4.78 is 0. The standard InChI is InChI=1S/C14H20N2O/c1-2-5-12(8-9-17)11-16-14-7-4-3-6-13(14)10-15/h3-4,6-7,12,16-17H,2,5,8-9,11H2,1H3. The highest BCUT2D eigenvalue weighted by atomic mass is 16.3. The Morgan fingerprint density at radius 2 is 2.12 bits per heavy atom. The Labute approximate surface area is 103 Å². The average Bonchev–Trinajstić information content (AvgIpc) is 2.37. The molecule has 0 aliphatic carbocycles. The number of benzene rings is 1. The zero-order valence-corrected chi connectivity index (χ0v) is 10.3. The number of hydrogen-bond acceptors (Lipinski definition) is 3. The lowest BCUT2D eigenvalue weighted by Gasteiger charge is -2.17. The van der Waals surface area contributed by atoms with Crippen LogP contribution in [0.4, 0.5) is 5.69 Å². The van der Waals surface area contributed by atoms with Crippen molar-refractivity contribution in [1.82, 2.24) is 0 Å². The van der Waals surface area contributed by atoms with Crippen LogP contribution >= 0.6 is 0 Å². The van der Waals surface area contributed by atoms with E-state index in [0.717, 1.165) is 31.5 Å². The van der Waals surface area contributed by atoms with Crippen molar-refractivity contribution >= 4 is 5.69 Å². The summed E-state index contributed by atoms with van der Waals surface area (Å²) in [5.41, 5.74) is 1.56. The number of rotatable bonds is 7. The Morgan fingerprint density at radius 1 is 1.35 bits per heavy atom. The third-order valence-corrected chi connectivity index (χ3v) is 2.86. The van der Waals surface area contributed by atoms with Gasteiger partial charge in [-0.3, -0.25) is 0 Å². The molecule has 3 heteroatoms. The molecule has 0 saturated heterocycles. The summed E-state index contributed by atoms with van der Waals surface area (Å²) in [5.74, 6) is 0.469. The van der Waals surface area contributed by atoms with Gasteiger partial charge in [0.05, 0.1) is 11.3 Å². The molecule has 1 aromatic carbocycles. The fourth-order valence-electron chi connectivity index (χ4n) is 1.93. The highest BCUT2D eigenvalue weighted by molar-refractivity contribution is 5.57. The van der Waals surface area contributed by atoms with E-state index in [9.17, 15) is 0 Å². The van der Waals surface area contributed by atoms with E-state index >= 15 is 0 Å². The maximum atomic E-state index is 8.98. The largest absolute Gasteiger partial charge is 0.396 e. The monoisotopic (exact) mass is 232 g/mol. The van der Waals surface area contributed by atoms with E-state index < -0.39 is 0 Å². The second kappa shape index (κ2) is 7.70. The molecule has 0 radical (unpaired) electrons.